The fourth-order valence-electron chi connectivity index (χ4n) is 1.98. The number of nitrogens with two attached hydrogens (primary N) is 1. The molecule has 2 heterocycles. The minimum absolute atomic E-state index is 0.143. The van der Waals surface area contributed by atoms with Crippen molar-refractivity contribution in [1.29, 1.82) is 0 Å². The molecule has 0 bridgehead atoms. The van der Waals surface area contributed by atoms with E-state index in [0.717, 1.165) is 36.4 Å². The molecule has 3 nitrogen and oxygen atoms in total. The van der Waals surface area contributed by atoms with Gasteiger partial charge in [0.05, 0.1) is 12.3 Å². The van der Waals surface area contributed by atoms with E-state index in [1.807, 2.05) is 19.1 Å². The number of ether oxygens (including phenoxy) is 1. The molecule has 0 saturated heterocycles. The molecule has 0 radical (unpaired) electrons. The van der Waals surface area contributed by atoms with Crippen LogP contribution in [0.2, 0.25) is 0 Å². The van der Waals surface area contributed by atoms with Crippen molar-refractivity contribution in [2.24, 2.45) is 5.73 Å². The summed E-state index contributed by atoms with van der Waals surface area (Å²) in [6.07, 6.45) is 2.65. The summed E-state index contributed by atoms with van der Waals surface area (Å²) in [5.41, 5.74) is 8.02. The topological polar surface area (TPSA) is 48.1 Å². The van der Waals surface area contributed by atoms with Crippen LogP contribution in [0, 0.1) is 6.92 Å². The van der Waals surface area contributed by atoms with Crippen molar-refractivity contribution in [3.8, 4) is 5.75 Å². The Labute approximate surface area is 124 Å². The van der Waals surface area contributed by atoms with E-state index >= 15 is 0 Å². The highest BCUT2D eigenvalue weighted by Crippen LogP contribution is 2.19. The van der Waals surface area contributed by atoms with Crippen molar-refractivity contribution < 1.29 is 4.74 Å². The third kappa shape index (κ3) is 4.32. The second-order valence-corrected chi connectivity index (χ2v) is 5.98. The van der Waals surface area contributed by atoms with E-state index in [1.165, 1.54) is 4.88 Å². The summed E-state index contributed by atoms with van der Waals surface area (Å²) < 4.78 is 5.90. The maximum Gasteiger partial charge on any atom is 0.140 e. The highest BCUT2D eigenvalue weighted by Gasteiger charge is 2.10. The van der Waals surface area contributed by atoms with Gasteiger partial charge in [-0.1, -0.05) is 13.0 Å². The Morgan fingerprint density at radius 1 is 1.35 bits per heavy atom. The molecule has 2 aromatic rings. The Hall–Kier alpha value is -1.39. The molecule has 2 rings (SSSR count). The van der Waals surface area contributed by atoms with Gasteiger partial charge in [-0.3, -0.25) is 4.98 Å². The first-order valence-corrected chi connectivity index (χ1v) is 7.94. The van der Waals surface area contributed by atoms with Gasteiger partial charge in [0.1, 0.15) is 5.75 Å². The van der Waals surface area contributed by atoms with Gasteiger partial charge < -0.3 is 10.5 Å². The molecule has 2 N–H and O–H groups in total. The van der Waals surface area contributed by atoms with Crippen molar-refractivity contribution in [3.05, 3.63) is 45.9 Å². The van der Waals surface area contributed by atoms with Crippen LogP contribution in [0.5, 0.6) is 5.75 Å². The Kier molecular flexibility index (Phi) is 5.56. The number of aromatic nitrogens is 1. The maximum atomic E-state index is 6.04. The van der Waals surface area contributed by atoms with Crippen LogP contribution in [-0.4, -0.2) is 17.6 Å². The van der Waals surface area contributed by atoms with E-state index < -0.39 is 0 Å². The highest BCUT2D eigenvalue weighted by atomic mass is 32.1. The lowest BCUT2D eigenvalue weighted by Gasteiger charge is -2.14. The van der Waals surface area contributed by atoms with Crippen LogP contribution >= 0.6 is 11.3 Å². The zero-order valence-corrected chi connectivity index (χ0v) is 13.0. The summed E-state index contributed by atoms with van der Waals surface area (Å²) in [6.45, 7) is 4.77. The number of hydrogen-bond acceptors (Lipinski definition) is 4. The van der Waals surface area contributed by atoms with Gasteiger partial charge in [-0.2, -0.15) is 0 Å². The average Bonchev–Trinajstić information content (AvgIpc) is 2.94. The molecule has 2 aromatic heterocycles. The Morgan fingerprint density at radius 2 is 2.20 bits per heavy atom. The second-order valence-electron chi connectivity index (χ2n) is 4.95. The first-order valence-electron chi connectivity index (χ1n) is 7.06. The number of hydrogen-bond donors (Lipinski definition) is 1. The van der Waals surface area contributed by atoms with E-state index in [9.17, 15) is 0 Å². The quantitative estimate of drug-likeness (QED) is 0.850. The molecule has 1 atom stereocenters. The molecule has 0 amide bonds. The lowest BCUT2D eigenvalue weighted by Crippen LogP contribution is -2.22. The van der Waals surface area contributed by atoms with E-state index in [1.54, 1.807) is 11.3 Å². The number of aryl methyl sites for hydroxylation is 1. The van der Waals surface area contributed by atoms with Crippen LogP contribution in [0.1, 0.15) is 29.6 Å². The van der Waals surface area contributed by atoms with Crippen LogP contribution in [-0.2, 0) is 12.8 Å². The zero-order chi connectivity index (χ0) is 14.4. The summed E-state index contributed by atoms with van der Waals surface area (Å²) in [5.74, 6) is 0.871. The number of thiophene rings is 1. The standard InChI is InChI=1S/C16H22N2OS/c1-3-13(17)11-15-16(7-6-12(2)18-15)19-9-8-14-5-4-10-20-14/h4-7,10,13H,3,8-9,11,17H2,1-2H3. The van der Waals surface area contributed by atoms with Gasteiger partial charge in [0.15, 0.2) is 0 Å². The molecule has 0 aliphatic rings. The third-order valence-electron chi connectivity index (χ3n) is 3.24. The van der Waals surface area contributed by atoms with Crippen LogP contribution < -0.4 is 10.5 Å². The van der Waals surface area contributed by atoms with Gasteiger partial charge in [0, 0.05) is 29.5 Å². The average molecular weight is 290 g/mol. The summed E-state index contributed by atoms with van der Waals surface area (Å²) in [6, 6.07) is 8.34. The fraction of sp³-hybridized carbons (Fsp3) is 0.438. The van der Waals surface area contributed by atoms with Gasteiger partial charge in [0.2, 0.25) is 0 Å². The van der Waals surface area contributed by atoms with Gasteiger partial charge >= 0.3 is 0 Å². The number of nitrogens with zero attached hydrogens (tertiary/aromatic N) is 1. The number of pyridine rings is 1. The van der Waals surface area contributed by atoms with Crippen LogP contribution in [0.3, 0.4) is 0 Å². The SMILES string of the molecule is CCC(N)Cc1nc(C)ccc1OCCc1cccs1. The van der Waals surface area contributed by atoms with E-state index in [2.05, 4.69) is 29.4 Å². The van der Waals surface area contributed by atoms with Gasteiger partial charge in [-0.05, 0) is 36.9 Å². The molecule has 0 aliphatic heterocycles. The summed E-state index contributed by atoms with van der Waals surface area (Å²) in [4.78, 5) is 5.92. The number of rotatable bonds is 7. The molecule has 108 valence electrons. The fourth-order valence-corrected chi connectivity index (χ4v) is 2.67. The Balaban J connectivity index is 1.98. The second kappa shape index (κ2) is 7.41. The summed E-state index contributed by atoms with van der Waals surface area (Å²) in [5, 5.41) is 2.09. The van der Waals surface area contributed by atoms with Gasteiger partial charge in [-0.25, -0.2) is 0 Å². The van der Waals surface area contributed by atoms with Crippen LogP contribution in [0.4, 0.5) is 0 Å². The lowest BCUT2D eigenvalue weighted by atomic mass is 10.1. The molecule has 0 aliphatic carbocycles. The van der Waals surface area contributed by atoms with Crippen molar-refractivity contribution in [3.63, 3.8) is 0 Å². The minimum atomic E-state index is 0.143. The van der Waals surface area contributed by atoms with E-state index in [0.29, 0.717) is 6.61 Å². The normalized spacial score (nSPS) is 12.3. The van der Waals surface area contributed by atoms with Gasteiger partial charge in [-0.15, -0.1) is 11.3 Å². The van der Waals surface area contributed by atoms with Crippen LogP contribution in [0.25, 0.3) is 0 Å². The largest absolute Gasteiger partial charge is 0.491 e. The monoisotopic (exact) mass is 290 g/mol. The molecule has 4 heteroatoms. The van der Waals surface area contributed by atoms with Crippen molar-refractivity contribution >= 4 is 11.3 Å². The molecule has 20 heavy (non-hydrogen) atoms. The van der Waals surface area contributed by atoms with Gasteiger partial charge in [0.25, 0.3) is 0 Å². The van der Waals surface area contributed by atoms with Crippen molar-refractivity contribution in [2.45, 2.75) is 39.2 Å². The predicted molar refractivity (Wildman–Crippen MR) is 84.5 cm³/mol. The first kappa shape index (κ1) is 15.0. The first-order chi connectivity index (χ1) is 9.69. The highest BCUT2D eigenvalue weighted by molar-refractivity contribution is 7.09. The molecule has 0 aromatic carbocycles. The smallest absolute Gasteiger partial charge is 0.140 e. The summed E-state index contributed by atoms with van der Waals surface area (Å²) in [7, 11) is 0. The minimum Gasteiger partial charge on any atom is -0.491 e. The Morgan fingerprint density at radius 3 is 2.90 bits per heavy atom. The van der Waals surface area contributed by atoms with Crippen molar-refractivity contribution in [1.82, 2.24) is 4.98 Å². The van der Waals surface area contributed by atoms with Crippen molar-refractivity contribution in [2.75, 3.05) is 6.61 Å². The molecular formula is C16H22N2OS. The van der Waals surface area contributed by atoms with E-state index in [-0.39, 0.29) is 6.04 Å². The molecular weight excluding hydrogens is 268 g/mol. The van der Waals surface area contributed by atoms with Crippen LogP contribution in [0.15, 0.2) is 29.6 Å². The molecule has 1 unspecified atom stereocenters. The maximum absolute atomic E-state index is 6.04. The Bertz CT molecular complexity index is 525. The predicted octanol–water partition coefficient (Wildman–Crippen LogP) is 3.35. The summed E-state index contributed by atoms with van der Waals surface area (Å²) >= 11 is 1.76. The molecule has 0 spiro atoms. The molecule has 0 fully saturated rings. The zero-order valence-electron chi connectivity index (χ0n) is 12.1. The van der Waals surface area contributed by atoms with E-state index in [4.69, 9.17) is 10.5 Å². The lowest BCUT2D eigenvalue weighted by molar-refractivity contribution is 0.316. The third-order valence-corrected chi connectivity index (χ3v) is 4.17. The molecule has 0 saturated carbocycles.